The Kier molecular flexibility index (Phi) is 0.643. The van der Waals surface area contributed by atoms with Gasteiger partial charge >= 0.3 is 0 Å². The topological polar surface area (TPSA) is 17.1 Å². The van der Waals surface area contributed by atoms with Crippen molar-refractivity contribution >= 4 is 14.4 Å². The lowest BCUT2D eigenvalue weighted by atomic mass is 10.6. The molecule has 0 aliphatic carbocycles. The first-order chi connectivity index (χ1) is 3.29. The fourth-order valence-electron chi connectivity index (χ4n) is 1.15. The molecule has 0 radical (unpaired) electrons. The van der Waals surface area contributed by atoms with Crippen LogP contribution < -0.4 is 0 Å². The molecule has 0 aromatic carbocycles. The maximum atomic E-state index is 11.0. The summed E-state index contributed by atoms with van der Waals surface area (Å²) in [5.74, 6) is 1.17. The summed E-state index contributed by atoms with van der Waals surface area (Å²) in [6.07, 6.45) is 1.20. The van der Waals surface area contributed by atoms with Crippen LogP contribution in [0.3, 0.4) is 0 Å². The molecule has 40 valence electrons. The summed E-state index contributed by atoms with van der Waals surface area (Å²) < 4.78 is 11.0. The van der Waals surface area contributed by atoms with E-state index in [2.05, 4.69) is 6.92 Å². The van der Waals surface area contributed by atoms with Crippen molar-refractivity contribution < 1.29 is 4.57 Å². The van der Waals surface area contributed by atoms with Crippen LogP contribution in [0.4, 0.5) is 0 Å². The first-order valence-corrected chi connectivity index (χ1v) is 6.91. The van der Waals surface area contributed by atoms with Crippen LogP contribution in [0, 0.1) is 0 Å². The van der Waals surface area contributed by atoms with E-state index in [9.17, 15) is 4.57 Å². The molecular weight excluding hydrogens is 126 g/mol. The maximum absolute atomic E-state index is 11.0. The second-order valence-corrected chi connectivity index (χ2v) is 11.0. The fourth-order valence-corrected chi connectivity index (χ4v) is 11.8. The van der Waals surface area contributed by atoms with Crippen LogP contribution in [0.5, 0.6) is 0 Å². The summed E-state index contributed by atoms with van der Waals surface area (Å²) in [5.41, 5.74) is 0. The molecule has 0 aromatic heterocycles. The number of hydrogen-bond donors (Lipinski definition) is 0. The molecule has 2 heterocycles. The molecule has 0 N–H and O–H groups in total. The van der Waals surface area contributed by atoms with Gasteiger partial charge in [-0.25, -0.2) is 0 Å². The van der Waals surface area contributed by atoms with Crippen molar-refractivity contribution in [3.8, 4) is 0 Å². The largest absolute Gasteiger partial charge is 0.318 e. The minimum atomic E-state index is -1.27. The molecule has 3 unspecified atom stereocenters. The molecular formula is C4H8OP2. The third kappa shape index (κ3) is 0.374. The van der Waals surface area contributed by atoms with E-state index < -0.39 is 6.83 Å². The Morgan fingerprint density at radius 1 is 2.00 bits per heavy atom. The van der Waals surface area contributed by atoms with Crippen LogP contribution in [0.15, 0.2) is 0 Å². The molecule has 3 atom stereocenters. The highest BCUT2D eigenvalue weighted by Gasteiger charge is 2.75. The van der Waals surface area contributed by atoms with Gasteiger partial charge in [0.15, 0.2) is 0 Å². The van der Waals surface area contributed by atoms with Crippen molar-refractivity contribution in [3.05, 3.63) is 0 Å². The summed E-state index contributed by atoms with van der Waals surface area (Å²) >= 11 is 0. The minimum Gasteiger partial charge on any atom is -0.318 e. The molecule has 1 nitrogen and oxygen atoms in total. The van der Waals surface area contributed by atoms with E-state index in [4.69, 9.17) is 0 Å². The molecule has 0 amide bonds. The summed E-state index contributed by atoms with van der Waals surface area (Å²) in [7, 11) is 0.206. The van der Waals surface area contributed by atoms with E-state index >= 15 is 0 Å². The second-order valence-electron chi connectivity index (χ2n) is 2.23. The van der Waals surface area contributed by atoms with Gasteiger partial charge in [0.1, 0.15) is 6.83 Å². The number of rotatable bonds is 1. The van der Waals surface area contributed by atoms with Crippen LogP contribution >= 0.6 is 14.4 Å². The van der Waals surface area contributed by atoms with Gasteiger partial charge in [-0.15, -0.1) is 0 Å². The zero-order chi connectivity index (χ0) is 5.07. The van der Waals surface area contributed by atoms with Gasteiger partial charge in [0.05, 0.1) is 0 Å². The van der Waals surface area contributed by atoms with Gasteiger partial charge < -0.3 is 4.57 Å². The average molecular weight is 134 g/mol. The summed E-state index contributed by atoms with van der Waals surface area (Å²) in [6, 6.07) is 0. The molecule has 2 saturated heterocycles. The maximum Gasteiger partial charge on any atom is 0.121 e. The zero-order valence-electron chi connectivity index (χ0n) is 4.29. The van der Waals surface area contributed by atoms with Crippen LogP contribution in [-0.2, 0) is 4.57 Å². The van der Waals surface area contributed by atoms with Gasteiger partial charge in [-0.3, -0.25) is 0 Å². The lowest BCUT2D eigenvalue weighted by Crippen LogP contribution is -1.80. The van der Waals surface area contributed by atoms with Crippen LogP contribution in [0.2, 0.25) is 0 Å². The average Bonchev–Trinajstić information content (AvgIpc) is 2.28. The SMILES string of the molecule is CCC1P2CP12=O. The van der Waals surface area contributed by atoms with Gasteiger partial charge in [0.25, 0.3) is 0 Å². The lowest BCUT2D eigenvalue weighted by molar-refractivity contribution is 0.590. The highest BCUT2D eigenvalue weighted by molar-refractivity contribution is 8.64. The summed E-state index contributed by atoms with van der Waals surface area (Å²) in [6.45, 7) is 0.884. The van der Waals surface area contributed by atoms with Crippen LogP contribution in [0.1, 0.15) is 13.3 Å². The molecule has 2 rings (SSSR count). The highest BCUT2D eigenvalue weighted by atomic mass is 32.2. The first-order valence-electron chi connectivity index (χ1n) is 2.65. The monoisotopic (exact) mass is 134 g/mol. The molecule has 0 aromatic rings. The third-order valence-corrected chi connectivity index (χ3v) is 12.2. The Morgan fingerprint density at radius 3 is 2.57 bits per heavy atom. The smallest absolute Gasteiger partial charge is 0.121 e. The van der Waals surface area contributed by atoms with Crippen molar-refractivity contribution in [1.29, 1.82) is 0 Å². The summed E-state index contributed by atoms with van der Waals surface area (Å²) in [5, 5.41) is 0.766. The van der Waals surface area contributed by atoms with E-state index in [0.29, 0.717) is 0 Å². The normalized spacial score (nSPS) is 64.1. The molecule has 2 aliphatic heterocycles. The predicted octanol–water partition coefficient (Wildman–Crippen LogP) is 2.47. The summed E-state index contributed by atoms with van der Waals surface area (Å²) in [4.78, 5) is 0. The molecule has 0 spiro atoms. The van der Waals surface area contributed by atoms with Crippen LogP contribution in [-0.4, -0.2) is 11.3 Å². The minimum absolute atomic E-state index is 0.206. The predicted molar refractivity (Wildman–Crippen MR) is 33.5 cm³/mol. The Hall–Kier alpha value is 0.660. The molecule has 3 heteroatoms. The molecule has 0 saturated carbocycles. The van der Waals surface area contributed by atoms with Crippen molar-refractivity contribution in [2.75, 3.05) is 5.90 Å². The lowest BCUT2D eigenvalue weighted by Gasteiger charge is -1.89. The van der Waals surface area contributed by atoms with Crippen LogP contribution in [0.25, 0.3) is 0 Å². The number of hydrogen-bond acceptors (Lipinski definition) is 1. The van der Waals surface area contributed by atoms with E-state index in [1.807, 2.05) is 0 Å². The standard InChI is InChI=1S/C4H8OP2/c1-2-4-6-3-7(4,6)5/h4H,2-3H2,1H3. The number of fused-ring (bicyclic) bond motifs is 1. The van der Waals surface area contributed by atoms with Gasteiger partial charge in [-0.1, -0.05) is 6.92 Å². The van der Waals surface area contributed by atoms with Crippen molar-refractivity contribution in [1.82, 2.24) is 0 Å². The highest BCUT2D eigenvalue weighted by Crippen LogP contribution is 3.19. The zero-order valence-corrected chi connectivity index (χ0v) is 6.08. The van der Waals surface area contributed by atoms with Gasteiger partial charge in [-0.05, 0) is 14.0 Å². The van der Waals surface area contributed by atoms with Gasteiger partial charge in [0.2, 0.25) is 0 Å². The Balaban J connectivity index is 2.15. The van der Waals surface area contributed by atoms with Crippen molar-refractivity contribution in [2.45, 2.75) is 18.7 Å². The quantitative estimate of drug-likeness (QED) is 0.503. The molecule has 2 aliphatic rings. The fraction of sp³-hybridized carbons (Fsp3) is 1.00. The van der Waals surface area contributed by atoms with E-state index in [1.54, 1.807) is 0 Å². The first kappa shape index (κ1) is 4.53. The molecule has 2 fully saturated rings. The van der Waals surface area contributed by atoms with Crippen molar-refractivity contribution in [3.63, 3.8) is 0 Å². The molecule has 7 heavy (non-hydrogen) atoms. The Labute approximate surface area is 44.5 Å². The van der Waals surface area contributed by atoms with E-state index in [1.165, 1.54) is 12.3 Å². The second kappa shape index (κ2) is 0.993. The van der Waals surface area contributed by atoms with E-state index in [-0.39, 0.29) is 7.61 Å². The molecule has 0 bridgehead atoms. The van der Waals surface area contributed by atoms with Gasteiger partial charge in [-0.2, -0.15) is 0 Å². The third-order valence-electron chi connectivity index (χ3n) is 1.82. The van der Waals surface area contributed by atoms with Gasteiger partial charge in [0, 0.05) is 11.3 Å². The van der Waals surface area contributed by atoms with Crippen molar-refractivity contribution in [2.24, 2.45) is 0 Å². The van der Waals surface area contributed by atoms with E-state index in [0.717, 1.165) is 5.40 Å². The Bertz CT molecular complexity index is 154. The Morgan fingerprint density at radius 2 is 2.57 bits per heavy atom.